The van der Waals surface area contributed by atoms with E-state index in [1.165, 1.54) is 19.3 Å². The minimum Gasteiger partial charge on any atom is -0.303 e. The number of hydrogen-bond donors (Lipinski definition) is 2. The molecule has 11 heavy (non-hydrogen) atoms. The van der Waals surface area contributed by atoms with Crippen molar-refractivity contribution < 1.29 is 0 Å². The van der Waals surface area contributed by atoms with E-state index >= 15 is 0 Å². The van der Waals surface area contributed by atoms with Gasteiger partial charge in [0.15, 0.2) is 0 Å². The SMILES string of the molecule is N=C1CCCCCCCC1=N. The highest BCUT2D eigenvalue weighted by atomic mass is 14.5. The topological polar surface area (TPSA) is 47.7 Å². The van der Waals surface area contributed by atoms with Crippen LogP contribution in [0.1, 0.15) is 44.9 Å². The van der Waals surface area contributed by atoms with Gasteiger partial charge in [0, 0.05) is 0 Å². The van der Waals surface area contributed by atoms with Crippen molar-refractivity contribution in [3.63, 3.8) is 0 Å². The van der Waals surface area contributed by atoms with Crippen LogP contribution in [0.5, 0.6) is 0 Å². The predicted molar refractivity (Wildman–Crippen MR) is 47.8 cm³/mol. The molecule has 0 amide bonds. The fourth-order valence-corrected chi connectivity index (χ4v) is 1.44. The van der Waals surface area contributed by atoms with Crippen molar-refractivity contribution in [3.05, 3.63) is 0 Å². The van der Waals surface area contributed by atoms with Crippen LogP contribution in [-0.4, -0.2) is 11.4 Å². The minimum atomic E-state index is 0.576. The van der Waals surface area contributed by atoms with Crippen LogP contribution in [0.25, 0.3) is 0 Å². The molecule has 62 valence electrons. The second-order valence-electron chi connectivity index (χ2n) is 3.22. The maximum atomic E-state index is 7.50. The van der Waals surface area contributed by atoms with Gasteiger partial charge in [0.25, 0.3) is 0 Å². The van der Waals surface area contributed by atoms with Crippen LogP contribution in [0.15, 0.2) is 0 Å². The van der Waals surface area contributed by atoms with Gasteiger partial charge in [-0.05, 0) is 25.7 Å². The molecule has 2 nitrogen and oxygen atoms in total. The zero-order valence-electron chi connectivity index (χ0n) is 6.95. The maximum absolute atomic E-state index is 7.50. The van der Waals surface area contributed by atoms with Crippen LogP contribution in [0.2, 0.25) is 0 Å². The maximum Gasteiger partial charge on any atom is 0.0521 e. The highest BCUT2D eigenvalue weighted by Crippen LogP contribution is 2.12. The summed E-state index contributed by atoms with van der Waals surface area (Å²) in [6.45, 7) is 0. The molecule has 1 fully saturated rings. The zero-order valence-corrected chi connectivity index (χ0v) is 6.95. The lowest BCUT2D eigenvalue weighted by Gasteiger charge is -2.01. The van der Waals surface area contributed by atoms with E-state index in [2.05, 4.69) is 0 Å². The molecule has 2 heteroatoms. The van der Waals surface area contributed by atoms with Gasteiger partial charge in [-0.15, -0.1) is 0 Å². The first-order chi connectivity index (χ1) is 5.30. The molecule has 0 aromatic carbocycles. The molecule has 0 radical (unpaired) electrons. The van der Waals surface area contributed by atoms with Crippen LogP contribution in [-0.2, 0) is 0 Å². The Labute approximate surface area is 68.0 Å². The summed E-state index contributed by atoms with van der Waals surface area (Å²) in [7, 11) is 0. The highest BCUT2D eigenvalue weighted by Gasteiger charge is 2.06. The fraction of sp³-hybridized carbons (Fsp3) is 0.778. The molecule has 0 aromatic rings. The largest absolute Gasteiger partial charge is 0.303 e. The summed E-state index contributed by atoms with van der Waals surface area (Å²) >= 11 is 0. The Morgan fingerprint density at radius 2 is 1.00 bits per heavy atom. The fourth-order valence-electron chi connectivity index (χ4n) is 1.44. The summed E-state index contributed by atoms with van der Waals surface area (Å²) in [5.74, 6) is 0. The van der Waals surface area contributed by atoms with Crippen LogP contribution in [0, 0.1) is 10.8 Å². The first-order valence-corrected chi connectivity index (χ1v) is 4.46. The van der Waals surface area contributed by atoms with Gasteiger partial charge in [-0.1, -0.05) is 19.3 Å². The number of hydrogen-bond acceptors (Lipinski definition) is 2. The smallest absolute Gasteiger partial charge is 0.0521 e. The Kier molecular flexibility index (Phi) is 3.27. The molecule has 0 saturated heterocycles. The molecule has 1 aliphatic carbocycles. The molecule has 0 aromatic heterocycles. The van der Waals surface area contributed by atoms with Crippen molar-refractivity contribution in [2.24, 2.45) is 0 Å². The quantitative estimate of drug-likeness (QED) is 0.536. The lowest BCUT2D eigenvalue weighted by atomic mass is 10.1. The van der Waals surface area contributed by atoms with Gasteiger partial charge in [-0.25, -0.2) is 0 Å². The lowest BCUT2D eigenvalue weighted by Crippen LogP contribution is -2.10. The number of nitrogens with one attached hydrogen (secondary N) is 2. The van der Waals surface area contributed by atoms with Crippen molar-refractivity contribution in [1.82, 2.24) is 0 Å². The van der Waals surface area contributed by atoms with E-state index in [1.807, 2.05) is 0 Å². The molecular weight excluding hydrogens is 136 g/mol. The van der Waals surface area contributed by atoms with Gasteiger partial charge in [0.05, 0.1) is 11.4 Å². The van der Waals surface area contributed by atoms with Crippen LogP contribution >= 0.6 is 0 Å². The molecule has 0 bridgehead atoms. The van der Waals surface area contributed by atoms with Gasteiger partial charge in [-0.3, -0.25) is 0 Å². The third kappa shape index (κ3) is 2.83. The zero-order chi connectivity index (χ0) is 8.10. The van der Waals surface area contributed by atoms with E-state index in [0.29, 0.717) is 11.4 Å². The molecule has 1 aliphatic rings. The highest BCUT2D eigenvalue weighted by molar-refractivity contribution is 6.39. The van der Waals surface area contributed by atoms with Gasteiger partial charge in [0.2, 0.25) is 0 Å². The standard InChI is InChI=1S/C9H16N2/c10-8-6-4-2-1-3-5-7-9(8)11/h10-11H,1-7H2. The third-order valence-electron chi connectivity index (χ3n) is 2.22. The number of rotatable bonds is 0. The second-order valence-corrected chi connectivity index (χ2v) is 3.22. The van der Waals surface area contributed by atoms with Crippen LogP contribution in [0.4, 0.5) is 0 Å². The Hall–Kier alpha value is -0.660. The Morgan fingerprint density at radius 1 is 0.636 bits per heavy atom. The van der Waals surface area contributed by atoms with Crippen molar-refractivity contribution >= 4 is 11.4 Å². The van der Waals surface area contributed by atoms with Gasteiger partial charge in [-0.2, -0.15) is 0 Å². The van der Waals surface area contributed by atoms with Gasteiger partial charge < -0.3 is 10.8 Å². The molecule has 0 heterocycles. The predicted octanol–water partition coefficient (Wildman–Crippen LogP) is 2.77. The first-order valence-electron chi connectivity index (χ1n) is 4.46. The Balaban J connectivity index is 2.42. The van der Waals surface area contributed by atoms with E-state index in [4.69, 9.17) is 10.8 Å². The summed E-state index contributed by atoms with van der Waals surface area (Å²) in [5.41, 5.74) is 1.15. The van der Waals surface area contributed by atoms with Crippen LogP contribution < -0.4 is 0 Å². The van der Waals surface area contributed by atoms with Gasteiger partial charge in [0.1, 0.15) is 0 Å². The van der Waals surface area contributed by atoms with Crippen LogP contribution in [0.3, 0.4) is 0 Å². The van der Waals surface area contributed by atoms with E-state index in [1.54, 1.807) is 0 Å². The van der Waals surface area contributed by atoms with Crippen molar-refractivity contribution in [1.29, 1.82) is 10.8 Å². The van der Waals surface area contributed by atoms with Crippen molar-refractivity contribution in [2.75, 3.05) is 0 Å². The van der Waals surface area contributed by atoms with E-state index in [9.17, 15) is 0 Å². The summed E-state index contributed by atoms with van der Waals surface area (Å²) in [6.07, 6.45) is 7.67. The summed E-state index contributed by atoms with van der Waals surface area (Å²) in [6, 6.07) is 0. The molecule has 0 spiro atoms. The molecular formula is C9H16N2. The molecule has 2 N–H and O–H groups in total. The molecule has 1 rings (SSSR count). The van der Waals surface area contributed by atoms with Crippen molar-refractivity contribution in [2.45, 2.75) is 44.9 Å². The molecule has 1 saturated carbocycles. The van der Waals surface area contributed by atoms with Gasteiger partial charge >= 0.3 is 0 Å². The average molecular weight is 152 g/mol. The van der Waals surface area contributed by atoms with E-state index in [-0.39, 0.29) is 0 Å². The summed E-state index contributed by atoms with van der Waals surface area (Å²) in [5, 5.41) is 15.0. The summed E-state index contributed by atoms with van der Waals surface area (Å²) < 4.78 is 0. The normalized spacial score (nSPS) is 22.2. The summed E-state index contributed by atoms with van der Waals surface area (Å²) in [4.78, 5) is 0. The minimum absolute atomic E-state index is 0.576. The molecule has 0 unspecified atom stereocenters. The third-order valence-corrected chi connectivity index (χ3v) is 2.22. The van der Waals surface area contributed by atoms with E-state index in [0.717, 1.165) is 25.7 Å². The second kappa shape index (κ2) is 4.27. The monoisotopic (exact) mass is 152 g/mol. The average Bonchev–Trinajstić information content (AvgIpc) is 2.07. The lowest BCUT2D eigenvalue weighted by molar-refractivity contribution is 0.639. The van der Waals surface area contributed by atoms with Crippen molar-refractivity contribution in [3.8, 4) is 0 Å². The molecule has 0 atom stereocenters. The Morgan fingerprint density at radius 3 is 1.45 bits per heavy atom. The first kappa shape index (κ1) is 8.44. The Bertz CT molecular complexity index is 143. The molecule has 0 aliphatic heterocycles. The van der Waals surface area contributed by atoms with E-state index < -0.39 is 0 Å².